The lowest BCUT2D eigenvalue weighted by atomic mass is 9.81. The molecule has 206 valence electrons. The van der Waals surface area contributed by atoms with Crippen LogP contribution in [0, 0.1) is 12.7 Å². The maximum Gasteiger partial charge on any atom is 0.343 e. The molecule has 0 amide bonds. The first kappa shape index (κ1) is 26.1. The number of carbonyl (C=O) groups is 1. The second-order valence-corrected chi connectivity index (χ2v) is 11.2. The smallest absolute Gasteiger partial charge is 0.343 e. The van der Waals surface area contributed by atoms with Gasteiger partial charge in [0.15, 0.2) is 5.60 Å². The van der Waals surface area contributed by atoms with Crippen molar-refractivity contribution in [2.75, 3.05) is 27.2 Å². The van der Waals surface area contributed by atoms with Crippen molar-refractivity contribution < 1.29 is 19.0 Å². The number of esters is 1. The molecule has 0 saturated carbocycles. The number of cyclic esters (lactones) is 1. The number of benzene rings is 1. The van der Waals surface area contributed by atoms with Crippen molar-refractivity contribution in [2.45, 2.75) is 70.7 Å². The van der Waals surface area contributed by atoms with Crippen molar-refractivity contribution >= 4 is 16.9 Å². The molecule has 0 unspecified atom stereocenters. The highest BCUT2D eigenvalue weighted by Crippen LogP contribution is 2.47. The molecule has 8 nitrogen and oxygen atoms in total. The first-order valence-corrected chi connectivity index (χ1v) is 13.9. The highest BCUT2D eigenvalue weighted by molar-refractivity contribution is 5.93. The molecule has 0 fully saturated rings. The van der Waals surface area contributed by atoms with Gasteiger partial charge in [0.05, 0.1) is 29.0 Å². The Morgan fingerprint density at radius 3 is 2.79 bits per heavy atom. The molecule has 9 heteroatoms. The average Bonchev–Trinajstić information content (AvgIpc) is 3.30. The van der Waals surface area contributed by atoms with Crippen molar-refractivity contribution in [3.8, 4) is 11.4 Å². The lowest BCUT2D eigenvalue weighted by Crippen LogP contribution is -2.44. The Kier molecular flexibility index (Phi) is 6.36. The van der Waals surface area contributed by atoms with Crippen LogP contribution in [0.1, 0.15) is 72.0 Å². The second-order valence-electron chi connectivity index (χ2n) is 11.2. The first-order chi connectivity index (χ1) is 18.7. The van der Waals surface area contributed by atoms with Crippen LogP contribution in [0.2, 0.25) is 0 Å². The van der Waals surface area contributed by atoms with E-state index in [2.05, 4.69) is 17.3 Å². The van der Waals surface area contributed by atoms with Gasteiger partial charge >= 0.3 is 5.97 Å². The van der Waals surface area contributed by atoms with Crippen LogP contribution in [-0.4, -0.2) is 52.7 Å². The van der Waals surface area contributed by atoms with Gasteiger partial charge in [0.25, 0.3) is 5.56 Å². The van der Waals surface area contributed by atoms with Gasteiger partial charge in [-0.15, -0.1) is 0 Å². The number of unbranched alkanes of at least 4 members (excludes halogenated alkanes) is 1. The SMILES string of the molecule is CC[C@@]1(O)C(=O)OCc2c1cc1n(c2=O)Cc2c-1nc1cc(F)c(C)c3c1c2[C@@H](N(C)CCCCNC)CC3. The summed E-state index contributed by atoms with van der Waals surface area (Å²) in [5.74, 6) is -1.03. The van der Waals surface area contributed by atoms with Gasteiger partial charge in [0.2, 0.25) is 0 Å². The molecule has 2 atom stereocenters. The third kappa shape index (κ3) is 3.77. The van der Waals surface area contributed by atoms with Crippen LogP contribution in [-0.2, 0) is 34.7 Å². The molecular weight excluding hydrogens is 499 g/mol. The number of hydrogen-bond acceptors (Lipinski definition) is 7. The van der Waals surface area contributed by atoms with Gasteiger partial charge in [-0.25, -0.2) is 14.2 Å². The van der Waals surface area contributed by atoms with Crippen molar-refractivity contribution in [1.82, 2.24) is 19.8 Å². The average molecular weight is 535 g/mol. The van der Waals surface area contributed by atoms with E-state index in [1.54, 1.807) is 17.6 Å². The van der Waals surface area contributed by atoms with Gasteiger partial charge in [-0.3, -0.25) is 9.69 Å². The second kappa shape index (κ2) is 9.50. The van der Waals surface area contributed by atoms with Crippen LogP contribution in [0.25, 0.3) is 22.3 Å². The molecule has 1 aromatic carbocycles. The summed E-state index contributed by atoms with van der Waals surface area (Å²) in [7, 11) is 4.10. The van der Waals surface area contributed by atoms with Crippen LogP contribution in [0.3, 0.4) is 0 Å². The Bertz CT molecular complexity index is 1580. The Morgan fingerprint density at radius 1 is 1.26 bits per heavy atom. The number of aliphatic hydroxyl groups is 1. The van der Waals surface area contributed by atoms with Crippen molar-refractivity contribution in [1.29, 1.82) is 0 Å². The summed E-state index contributed by atoms with van der Waals surface area (Å²) < 4.78 is 22.0. The van der Waals surface area contributed by atoms with Gasteiger partial charge < -0.3 is 19.7 Å². The number of fused-ring (bicyclic) bond motifs is 5. The van der Waals surface area contributed by atoms with E-state index in [-0.39, 0.29) is 36.0 Å². The fraction of sp³-hybridized carbons (Fsp3) is 0.500. The molecule has 4 heterocycles. The number of aryl methyl sites for hydroxylation is 1. The molecule has 2 aromatic heterocycles. The first-order valence-electron chi connectivity index (χ1n) is 13.9. The molecule has 0 radical (unpaired) electrons. The zero-order valence-corrected chi connectivity index (χ0v) is 23.0. The predicted octanol–water partition coefficient (Wildman–Crippen LogP) is 3.45. The van der Waals surface area contributed by atoms with Crippen LogP contribution in [0.4, 0.5) is 4.39 Å². The number of nitrogens with one attached hydrogen (secondary N) is 1. The molecule has 2 aliphatic heterocycles. The molecule has 0 spiro atoms. The number of rotatable bonds is 7. The highest BCUT2D eigenvalue weighted by atomic mass is 19.1. The number of hydrogen-bond donors (Lipinski definition) is 2. The Labute approximate surface area is 226 Å². The van der Waals surface area contributed by atoms with E-state index in [4.69, 9.17) is 9.72 Å². The molecule has 3 aliphatic rings. The summed E-state index contributed by atoms with van der Waals surface area (Å²) in [6, 6.07) is 3.34. The minimum Gasteiger partial charge on any atom is -0.458 e. The zero-order chi connectivity index (χ0) is 27.6. The predicted molar refractivity (Wildman–Crippen MR) is 146 cm³/mol. The molecule has 3 aromatic rings. The van der Waals surface area contributed by atoms with Crippen LogP contribution in [0.5, 0.6) is 0 Å². The summed E-state index contributed by atoms with van der Waals surface area (Å²) in [4.78, 5) is 33.6. The fourth-order valence-corrected chi connectivity index (χ4v) is 6.79. The van der Waals surface area contributed by atoms with E-state index in [1.807, 2.05) is 14.0 Å². The fourth-order valence-electron chi connectivity index (χ4n) is 6.79. The van der Waals surface area contributed by atoms with Crippen LogP contribution in [0.15, 0.2) is 16.9 Å². The Morgan fingerprint density at radius 2 is 2.05 bits per heavy atom. The van der Waals surface area contributed by atoms with Gasteiger partial charge in [-0.1, -0.05) is 6.92 Å². The third-order valence-corrected chi connectivity index (χ3v) is 9.07. The standard InChI is InChI=1S/C30H35FN4O4/c1-5-30(38)20-12-24-27-18(14-35(24)28(36)19(20)15-39-29(30)37)26-23(34(4)11-7-6-10-32-3)9-8-17-16(2)21(31)13-22(33-27)25(17)26/h12-13,23,32,38H,5-11,14-15H2,1-4H3/t23-,30-/m0/s1. The van der Waals surface area contributed by atoms with Crippen molar-refractivity contribution in [3.63, 3.8) is 0 Å². The number of halogens is 1. The molecule has 39 heavy (non-hydrogen) atoms. The van der Waals surface area contributed by atoms with Crippen LogP contribution < -0.4 is 10.9 Å². The maximum atomic E-state index is 15.1. The summed E-state index contributed by atoms with van der Waals surface area (Å²) in [5, 5.41) is 15.4. The lowest BCUT2D eigenvalue weighted by molar-refractivity contribution is -0.172. The van der Waals surface area contributed by atoms with E-state index >= 15 is 4.39 Å². The third-order valence-electron chi connectivity index (χ3n) is 9.07. The minimum absolute atomic E-state index is 0.0826. The largest absolute Gasteiger partial charge is 0.458 e. The molecule has 6 rings (SSSR count). The Balaban J connectivity index is 1.57. The van der Waals surface area contributed by atoms with E-state index < -0.39 is 11.6 Å². The minimum atomic E-state index is -1.89. The topological polar surface area (TPSA) is 96.7 Å². The summed E-state index contributed by atoms with van der Waals surface area (Å²) in [5.41, 5.74) is 3.92. The number of carbonyl (C=O) groups excluding carboxylic acids is 1. The lowest BCUT2D eigenvalue weighted by Gasteiger charge is -2.35. The zero-order valence-electron chi connectivity index (χ0n) is 23.0. The van der Waals surface area contributed by atoms with Crippen LogP contribution >= 0.6 is 0 Å². The van der Waals surface area contributed by atoms with E-state index in [9.17, 15) is 14.7 Å². The quantitative estimate of drug-likeness (QED) is 0.277. The summed E-state index contributed by atoms with van der Waals surface area (Å²) in [6.07, 6.45) is 3.83. The molecule has 0 bridgehead atoms. The highest BCUT2D eigenvalue weighted by Gasteiger charge is 2.46. The van der Waals surface area contributed by atoms with Gasteiger partial charge in [0, 0.05) is 28.6 Å². The van der Waals surface area contributed by atoms with Crippen molar-refractivity contribution in [2.24, 2.45) is 0 Å². The normalized spacial score (nSPS) is 21.2. The number of pyridine rings is 2. The van der Waals surface area contributed by atoms with E-state index in [1.165, 1.54) is 6.07 Å². The van der Waals surface area contributed by atoms with Gasteiger partial charge in [0.1, 0.15) is 12.4 Å². The molecule has 1 aliphatic carbocycles. The summed E-state index contributed by atoms with van der Waals surface area (Å²) >= 11 is 0. The summed E-state index contributed by atoms with van der Waals surface area (Å²) in [6.45, 7) is 5.58. The number of nitrogens with zero attached hydrogens (tertiary/aromatic N) is 3. The maximum absolute atomic E-state index is 15.1. The van der Waals surface area contributed by atoms with Crippen molar-refractivity contribution in [3.05, 3.63) is 61.7 Å². The number of ether oxygens (including phenoxy) is 1. The molecular formula is C30H35FN4O4. The Hall–Kier alpha value is -3.14. The van der Waals surface area contributed by atoms with Gasteiger partial charge in [-0.05, 0) is 89.0 Å². The number of aromatic nitrogens is 2. The van der Waals surface area contributed by atoms with E-state index in [0.29, 0.717) is 34.6 Å². The molecule has 0 saturated heterocycles. The van der Waals surface area contributed by atoms with Gasteiger partial charge in [-0.2, -0.15) is 0 Å². The monoisotopic (exact) mass is 534 g/mol. The molecule has 2 N–H and O–H groups in total. The van der Waals surface area contributed by atoms with E-state index in [0.717, 1.165) is 60.8 Å².